The summed E-state index contributed by atoms with van der Waals surface area (Å²) >= 11 is 0. The van der Waals surface area contributed by atoms with Crippen molar-refractivity contribution in [2.75, 3.05) is 13.2 Å². The molecular weight excluding hydrogens is 396 g/mol. The summed E-state index contributed by atoms with van der Waals surface area (Å²) in [5.74, 6) is -5.63. The van der Waals surface area contributed by atoms with Crippen LogP contribution in [0.4, 0.5) is 17.6 Å². The second kappa shape index (κ2) is 8.87. The number of carbonyl (C=O) groups excluding carboxylic acids is 1. The van der Waals surface area contributed by atoms with Crippen LogP contribution in [0, 0.1) is 0 Å². The normalized spacial score (nSPS) is 17.7. The fourth-order valence-corrected chi connectivity index (χ4v) is 3.28. The van der Waals surface area contributed by atoms with Crippen LogP contribution in [0.25, 0.3) is 0 Å². The number of esters is 1. The first kappa shape index (κ1) is 23.8. The Balaban J connectivity index is 2.39. The van der Waals surface area contributed by atoms with E-state index in [0.717, 1.165) is 25.7 Å². The molecule has 158 valence electrons. The zero-order valence-electron chi connectivity index (χ0n) is 15.0. The van der Waals surface area contributed by atoms with Gasteiger partial charge >= 0.3 is 27.3 Å². The minimum Gasteiger partial charge on any atom is -0.456 e. The Morgan fingerprint density at radius 3 is 2.26 bits per heavy atom. The van der Waals surface area contributed by atoms with Gasteiger partial charge in [0, 0.05) is 13.0 Å². The molecule has 0 aromatic rings. The van der Waals surface area contributed by atoms with E-state index < -0.39 is 52.3 Å². The van der Waals surface area contributed by atoms with Gasteiger partial charge in [0.15, 0.2) is 0 Å². The summed E-state index contributed by atoms with van der Waals surface area (Å²) in [7, 11) is -6.25. The topological polar surface area (TPSA) is 89.9 Å². The van der Waals surface area contributed by atoms with Crippen LogP contribution in [0.5, 0.6) is 0 Å². The van der Waals surface area contributed by atoms with E-state index in [1.165, 1.54) is 0 Å². The maximum Gasteiger partial charge on any atom is 0.431 e. The zero-order valence-corrected chi connectivity index (χ0v) is 15.8. The second-order valence-corrected chi connectivity index (χ2v) is 8.05. The molecule has 0 spiro atoms. The molecule has 27 heavy (non-hydrogen) atoms. The molecule has 0 unspecified atom stereocenters. The maximum absolute atomic E-state index is 13.3. The molecule has 1 fully saturated rings. The molecular formula is C16H24F4O6S. The highest BCUT2D eigenvalue weighted by molar-refractivity contribution is 7.87. The molecule has 0 atom stereocenters. The van der Waals surface area contributed by atoms with Crippen molar-refractivity contribution in [2.24, 2.45) is 0 Å². The molecule has 11 heteroatoms. The SMILES string of the molecule is C=C(COCCCC(F)(F)C(F)(F)S(=O)(=O)O)C(=O)OC1(CC)CCCC1. The molecule has 1 aliphatic carbocycles. The number of rotatable bonds is 11. The summed E-state index contributed by atoms with van der Waals surface area (Å²) < 4.78 is 92.0. The van der Waals surface area contributed by atoms with E-state index in [1.807, 2.05) is 6.92 Å². The van der Waals surface area contributed by atoms with E-state index in [1.54, 1.807) is 0 Å². The van der Waals surface area contributed by atoms with Crippen LogP contribution in [0.3, 0.4) is 0 Å². The molecule has 1 rings (SSSR count). The second-order valence-electron chi connectivity index (χ2n) is 6.59. The van der Waals surface area contributed by atoms with Crippen molar-refractivity contribution >= 4 is 16.1 Å². The van der Waals surface area contributed by atoms with Crippen LogP contribution in [0.15, 0.2) is 12.2 Å². The molecule has 1 N–H and O–H groups in total. The third-order valence-electron chi connectivity index (χ3n) is 4.56. The van der Waals surface area contributed by atoms with Crippen molar-refractivity contribution in [1.29, 1.82) is 0 Å². The van der Waals surface area contributed by atoms with E-state index in [-0.39, 0.29) is 12.2 Å². The largest absolute Gasteiger partial charge is 0.456 e. The molecule has 6 nitrogen and oxygen atoms in total. The number of ether oxygens (including phenoxy) is 2. The van der Waals surface area contributed by atoms with Crippen LogP contribution in [-0.4, -0.2) is 48.9 Å². The van der Waals surface area contributed by atoms with Crippen LogP contribution in [-0.2, 0) is 24.4 Å². The first-order chi connectivity index (χ1) is 12.3. The van der Waals surface area contributed by atoms with Crippen LogP contribution >= 0.6 is 0 Å². The average molecular weight is 420 g/mol. The van der Waals surface area contributed by atoms with Gasteiger partial charge < -0.3 is 9.47 Å². The number of carbonyl (C=O) groups is 1. The molecule has 1 aliphatic rings. The highest BCUT2D eigenvalue weighted by Crippen LogP contribution is 2.41. The fourth-order valence-electron chi connectivity index (χ4n) is 2.80. The molecule has 0 aliphatic heterocycles. The van der Waals surface area contributed by atoms with Crippen molar-refractivity contribution in [2.45, 2.75) is 68.6 Å². The number of hydrogen-bond acceptors (Lipinski definition) is 5. The standard InChI is InChI=1S/C16H24F4O6S/c1-3-14(7-4-5-8-14)26-13(21)12(2)11-25-10-6-9-15(17,18)16(19,20)27(22,23)24/h2-11H2,1H3,(H,22,23,24). The lowest BCUT2D eigenvalue weighted by molar-refractivity contribution is -0.166. The molecule has 1 saturated carbocycles. The van der Waals surface area contributed by atoms with E-state index in [4.69, 9.17) is 14.0 Å². The predicted molar refractivity (Wildman–Crippen MR) is 88.2 cm³/mol. The third-order valence-corrected chi connectivity index (χ3v) is 5.51. The van der Waals surface area contributed by atoms with Crippen molar-refractivity contribution in [1.82, 2.24) is 0 Å². The van der Waals surface area contributed by atoms with Gasteiger partial charge in [-0.1, -0.05) is 13.5 Å². The van der Waals surface area contributed by atoms with Gasteiger partial charge in [0.25, 0.3) is 0 Å². The van der Waals surface area contributed by atoms with Crippen molar-refractivity contribution in [3.8, 4) is 0 Å². The van der Waals surface area contributed by atoms with Gasteiger partial charge in [-0.05, 0) is 38.5 Å². The molecule has 0 saturated heterocycles. The lowest BCUT2D eigenvalue weighted by Crippen LogP contribution is -2.46. The zero-order chi connectivity index (χ0) is 20.9. The molecule has 0 aromatic carbocycles. The molecule has 0 radical (unpaired) electrons. The van der Waals surface area contributed by atoms with Crippen molar-refractivity contribution < 1.29 is 44.8 Å². The van der Waals surface area contributed by atoms with Gasteiger partial charge in [-0.3, -0.25) is 4.55 Å². The van der Waals surface area contributed by atoms with Crippen LogP contribution in [0.2, 0.25) is 0 Å². The Kier molecular flexibility index (Phi) is 7.83. The van der Waals surface area contributed by atoms with Crippen molar-refractivity contribution in [3.05, 3.63) is 12.2 Å². The first-order valence-electron chi connectivity index (χ1n) is 8.49. The van der Waals surface area contributed by atoms with E-state index in [0.29, 0.717) is 6.42 Å². The number of hydrogen-bond donors (Lipinski definition) is 1. The van der Waals surface area contributed by atoms with Gasteiger partial charge in [0.05, 0.1) is 12.2 Å². The minimum absolute atomic E-state index is 0.0373. The van der Waals surface area contributed by atoms with E-state index in [2.05, 4.69) is 6.58 Å². The molecule has 0 heterocycles. The molecule has 0 amide bonds. The summed E-state index contributed by atoms with van der Waals surface area (Å²) in [6.07, 6.45) is 1.90. The van der Waals surface area contributed by atoms with Crippen LogP contribution < -0.4 is 0 Å². The fraction of sp³-hybridized carbons (Fsp3) is 0.812. The highest BCUT2D eigenvalue weighted by Gasteiger charge is 2.64. The van der Waals surface area contributed by atoms with Crippen LogP contribution in [0.1, 0.15) is 51.9 Å². The summed E-state index contributed by atoms with van der Waals surface area (Å²) in [5, 5.41) is -5.59. The summed E-state index contributed by atoms with van der Waals surface area (Å²) in [6, 6.07) is 0. The highest BCUT2D eigenvalue weighted by atomic mass is 32.2. The lowest BCUT2D eigenvalue weighted by atomic mass is 9.99. The van der Waals surface area contributed by atoms with Gasteiger partial charge in [0.1, 0.15) is 5.60 Å². The Hall–Kier alpha value is -1.20. The maximum atomic E-state index is 13.3. The predicted octanol–water partition coefficient (Wildman–Crippen LogP) is 3.72. The van der Waals surface area contributed by atoms with Crippen molar-refractivity contribution in [3.63, 3.8) is 0 Å². The smallest absolute Gasteiger partial charge is 0.431 e. The quantitative estimate of drug-likeness (QED) is 0.180. The summed E-state index contributed by atoms with van der Waals surface area (Å²) in [5.41, 5.74) is -0.562. The van der Waals surface area contributed by atoms with E-state index >= 15 is 0 Å². The Labute approximate surface area is 155 Å². The number of alkyl halides is 4. The van der Waals surface area contributed by atoms with Gasteiger partial charge in [-0.25, -0.2) is 4.79 Å². The summed E-state index contributed by atoms with van der Waals surface area (Å²) in [6.45, 7) is 4.63. The Bertz CT molecular complexity index is 641. The number of halogens is 4. The lowest BCUT2D eigenvalue weighted by Gasteiger charge is -2.28. The first-order valence-corrected chi connectivity index (χ1v) is 9.93. The van der Waals surface area contributed by atoms with Gasteiger partial charge in [-0.15, -0.1) is 0 Å². The summed E-state index contributed by atoms with van der Waals surface area (Å²) in [4.78, 5) is 12.0. The molecule has 0 aromatic heterocycles. The monoisotopic (exact) mass is 420 g/mol. The molecule has 0 bridgehead atoms. The van der Waals surface area contributed by atoms with Gasteiger partial charge in [0.2, 0.25) is 0 Å². The minimum atomic E-state index is -6.25. The third kappa shape index (κ3) is 5.89. The average Bonchev–Trinajstić information content (AvgIpc) is 3.02. The Morgan fingerprint density at radius 1 is 1.22 bits per heavy atom. The van der Waals surface area contributed by atoms with E-state index in [9.17, 15) is 30.8 Å². The Morgan fingerprint density at radius 2 is 1.78 bits per heavy atom. The van der Waals surface area contributed by atoms with Gasteiger partial charge in [-0.2, -0.15) is 26.0 Å².